The van der Waals surface area contributed by atoms with Crippen molar-refractivity contribution in [1.82, 2.24) is 10.6 Å². The van der Waals surface area contributed by atoms with E-state index in [4.69, 9.17) is 4.74 Å². The SMILES string of the molecule is Cl.O=C(CC1CCOCC1)NCCC1CCCNC1. The highest BCUT2D eigenvalue weighted by Gasteiger charge is 2.17. The zero-order chi connectivity index (χ0) is 12.6. The number of nitrogens with one attached hydrogen (secondary N) is 2. The average Bonchev–Trinajstić information content (AvgIpc) is 2.41. The summed E-state index contributed by atoms with van der Waals surface area (Å²) in [4.78, 5) is 11.8. The average molecular weight is 291 g/mol. The molecule has 0 aromatic rings. The van der Waals surface area contributed by atoms with E-state index in [0.29, 0.717) is 12.3 Å². The molecule has 0 aromatic heterocycles. The predicted octanol–water partition coefficient (Wildman–Crippen LogP) is 1.73. The minimum absolute atomic E-state index is 0. The van der Waals surface area contributed by atoms with Gasteiger partial charge in [-0.05, 0) is 57.0 Å². The van der Waals surface area contributed by atoms with Gasteiger partial charge in [-0.3, -0.25) is 4.79 Å². The van der Waals surface area contributed by atoms with E-state index in [1.54, 1.807) is 0 Å². The first kappa shape index (κ1) is 16.7. The number of halogens is 1. The van der Waals surface area contributed by atoms with Crippen LogP contribution in [0.4, 0.5) is 0 Å². The van der Waals surface area contributed by atoms with Gasteiger partial charge in [-0.25, -0.2) is 0 Å². The molecule has 19 heavy (non-hydrogen) atoms. The van der Waals surface area contributed by atoms with Crippen LogP contribution in [0.2, 0.25) is 0 Å². The maximum absolute atomic E-state index is 11.8. The van der Waals surface area contributed by atoms with Crippen LogP contribution >= 0.6 is 12.4 Å². The second-order valence-electron chi connectivity index (χ2n) is 5.61. The van der Waals surface area contributed by atoms with E-state index in [2.05, 4.69) is 10.6 Å². The summed E-state index contributed by atoms with van der Waals surface area (Å²) in [6.07, 6.45) is 6.47. The van der Waals surface area contributed by atoms with E-state index >= 15 is 0 Å². The van der Waals surface area contributed by atoms with Gasteiger partial charge in [-0.1, -0.05) is 0 Å². The molecule has 1 amide bonds. The molecule has 0 saturated carbocycles. The fourth-order valence-electron chi connectivity index (χ4n) is 2.87. The predicted molar refractivity (Wildman–Crippen MR) is 78.6 cm³/mol. The van der Waals surface area contributed by atoms with Crippen molar-refractivity contribution < 1.29 is 9.53 Å². The summed E-state index contributed by atoms with van der Waals surface area (Å²) in [5.74, 6) is 1.52. The Hall–Kier alpha value is -0.320. The lowest BCUT2D eigenvalue weighted by Gasteiger charge is -2.23. The first-order chi connectivity index (χ1) is 8.84. The lowest BCUT2D eigenvalue weighted by molar-refractivity contribution is -0.122. The lowest BCUT2D eigenvalue weighted by Crippen LogP contribution is -2.34. The van der Waals surface area contributed by atoms with Gasteiger partial charge in [-0.15, -0.1) is 12.4 Å². The Morgan fingerprint density at radius 1 is 1.21 bits per heavy atom. The van der Waals surface area contributed by atoms with Crippen molar-refractivity contribution in [2.75, 3.05) is 32.8 Å². The van der Waals surface area contributed by atoms with Crippen molar-refractivity contribution in [2.24, 2.45) is 11.8 Å². The summed E-state index contributed by atoms with van der Waals surface area (Å²) >= 11 is 0. The molecule has 2 fully saturated rings. The maximum atomic E-state index is 11.8. The highest BCUT2D eigenvalue weighted by molar-refractivity contribution is 5.85. The second-order valence-corrected chi connectivity index (χ2v) is 5.61. The maximum Gasteiger partial charge on any atom is 0.220 e. The number of rotatable bonds is 5. The summed E-state index contributed by atoms with van der Waals surface area (Å²) in [6, 6.07) is 0. The quantitative estimate of drug-likeness (QED) is 0.811. The van der Waals surface area contributed by atoms with Gasteiger partial charge in [0.25, 0.3) is 0 Å². The third-order valence-corrected chi connectivity index (χ3v) is 4.09. The molecule has 1 unspecified atom stereocenters. The fourth-order valence-corrected chi connectivity index (χ4v) is 2.87. The van der Waals surface area contributed by atoms with Crippen LogP contribution in [0.15, 0.2) is 0 Å². The second kappa shape index (κ2) is 9.56. The lowest BCUT2D eigenvalue weighted by atomic mass is 9.95. The van der Waals surface area contributed by atoms with Gasteiger partial charge < -0.3 is 15.4 Å². The largest absolute Gasteiger partial charge is 0.381 e. The Labute approximate surface area is 122 Å². The number of piperidine rings is 1. The van der Waals surface area contributed by atoms with Crippen LogP contribution in [-0.2, 0) is 9.53 Å². The number of carbonyl (C=O) groups excluding carboxylic acids is 1. The van der Waals surface area contributed by atoms with Gasteiger partial charge in [0.2, 0.25) is 5.91 Å². The molecule has 112 valence electrons. The van der Waals surface area contributed by atoms with E-state index in [-0.39, 0.29) is 18.3 Å². The summed E-state index contributed by atoms with van der Waals surface area (Å²) in [5.41, 5.74) is 0. The summed E-state index contributed by atoms with van der Waals surface area (Å²) in [6.45, 7) is 4.77. The molecule has 0 radical (unpaired) electrons. The third-order valence-electron chi connectivity index (χ3n) is 4.09. The Bertz CT molecular complexity index is 252. The summed E-state index contributed by atoms with van der Waals surface area (Å²) in [5, 5.41) is 6.48. The van der Waals surface area contributed by atoms with Gasteiger partial charge in [0, 0.05) is 26.2 Å². The number of carbonyl (C=O) groups is 1. The minimum atomic E-state index is 0. The fraction of sp³-hybridized carbons (Fsp3) is 0.929. The summed E-state index contributed by atoms with van der Waals surface area (Å²) in [7, 11) is 0. The molecular formula is C14H27ClN2O2. The first-order valence-corrected chi connectivity index (χ1v) is 7.40. The Morgan fingerprint density at radius 3 is 2.68 bits per heavy atom. The van der Waals surface area contributed by atoms with Gasteiger partial charge in [0.05, 0.1) is 0 Å². The van der Waals surface area contributed by atoms with Crippen molar-refractivity contribution in [2.45, 2.75) is 38.5 Å². The van der Waals surface area contributed by atoms with Crippen LogP contribution in [-0.4, -0.2) is 38.8 Å². The van der Waals surface area contributed by atoms with Gasteiger partial charge >= 0.3 is 0 Å². The normalized spacial score (nSPS) is 24.5. The molecule has 2 rings (SSSR count). The first-order valence-electron chi connectivity index (χ1n) is 7.40. The zero-order valence-corrected chi connectivity index (χ0v) is 12.5. The molecule has 0 aliphatic carbocycles. The third kappa shape index (κ3) is 6.59. The Balaban J connectivity index is 0.00000180. The van der Waals surface area contributed by atoms with Crippen molar-refractivity contribution in [3.63, 3.8) is 0 Å². The Kier molecular flexibility index (Phi) is 8.42. The standard InChI is InChI=1S/C14H26N2O2.ClH/c17-14(10-12-4-8-18-9-5-12)16-7-3-13-2-1-6-15-11-13;/h12-13,15H,1-11H2,(H,16,17);1H. The van der Waals surface area contributed by atoms with Crippen LogP contribution in [0.3, 0.4) is 0 Å². The zero-order valence-electron chi connectivity index (χ0n) is 11.7. The molecule has 2 heterocycles. The number of ether oxygens (including phenoxy) is 1. The molecule has 0 bridgehead atoms. The van der Waals surface area contributed by atoms with Gasteiger partial charge in [0.1, 0.15) is 0 Å². The molecular weight excluding hydrogens is 264 g/mol. The molecule has 2 aliphatic rings. The number of hydrogen-bond donors (Lipinski definition) is 2. The highest BCUT2D eigenvalue weighted by Crippen LogP contribution is 2.18. The summed E-state index contributed by atoms with van der Waals surface area (Å²) < 4.78 is 5.30. The Morgan fingerprint density at radius 2 is 2.00 bits per heavy atom. The molecule has 0 aromatic carbocycles. The molecule has 2 aliphatic heterocycles. The minimum Gasteiger partial charge on any atom is -0.381 e. The number of amides is 1. The van der Waals surface area contributed by atoms with Crippen LogP contribution in [0.1, 0.15) is 38.5 Å². The molecule has 5 heteroatoms. The van der Waals surface area contributed by atoms with Gasteiger partial charge in [-0.2, -0.15) is 0 Å². The van der Waals surface area contributed by atoms with E-state index in [1.807, 2.05) is 0 Å². The highest BCUT2D eigenvalue weighted by atomic mass is 35.5. The van der Waals surface area contributed by atoms with E-state index < -0.39 is 0 Å². The van der Waals surface area contributed by atoms with Crippen LogP contribution < -0.4 is 10.6 Å². The topological polar surface area (TPSA) is 50.4 Å². The molecule has 2 saturated heterocycles. The molecule has 4 nitrogen and oxygen atoms in total. The number of hydrogen-bond acceptors (Lipinski definition) is 3. The van der Waals surface area contributed by atoms with Crippen molar-refractivity contribution in [1.29, 1.82) is 0 Å². The smallest absolute Gasteiger partial charge is 0.220 e. The van der Waals surface area contributed by atoms with Crippen molar-refractivity contribution in [3.05, 3.63) is 0 Å². The monoisotopic (exact) mass is 290 g/mol. The van der Waals surface area contributed by atoms with Crippen LogP contribution in [0.5, 0.6) is 0 Å². The van der Waals surface area contributed by atoms with Crippen molar-refractivity contribution in [3.8, 4) is 0 Å². The molecule has 0 spiro atoms. The van der Waals surface area contributed by atoms with Crippen molar-refractivity contribution >= 4 is 18.3 Å². The molecule has 1 atom stereocenters. The molecule has 2 N–H and O–H groups in total. The van der Waals surface area contributed by atoms with E-state index in [1.165, 1.54) is 12.8 Å². The van der Waals surface area contributed by atoms with Gasteiger partial charge in [0.15, 0.2) is 0 Å². The van der Waals surface area contributed by atoms with E-state index in [0.717, 1.165) is 58.0 Å². The van der Waals surface area contributed by atoms with E-state index in [9.17, 15) is 4.79 Å². The van der Waals surface area contributed by atoms with Crippen LogP contribution in [0.25, 0.3) is 0 Å². The van der Waals surface area contributed by atoms with Crippen LogP contribution in [0, 0.1) is 11.8 Å².